The molecule has 0 aromatic heterocycles. The predicted molar refractivity (Wildman–Crippen MR) is 48.6 cm³/mol. The Labute approximate surface area is 70.0 Å². The first-order valence-electron chi connectivity index (χ1n) is 4.44. The van der Waals surface area contributed by atoms with Gasteiger partial charge < -0.3 is 10.4 Å². The van der Waals surface area contributed by atoms with Crippen molar-refractivity contribution in [3.8, 4) is 0 Å². The highest BCUT2D eigenvalue weighted by Gasteiger charge is 2.15. The number of nitrogens with one attached hydrogen (secondary N) is 1. The summed E-state index contributed by atoms with van der Waals surface area (Å²) >= 11 is 0. The molecule has 0 spiro atoms. The van der Waals surface area contributed by atoms with Crippen molar-refractivity contribution < 1.29 is 5.11 Å². The van der Waals surface area contributed by atoms with Gasteiger partial charge in [-0.05, 0) is 24.8 Å². The van der Waals surface area contributed by atoms with Gasteiger partial charge in [0, 0.05) is 13.2 Å². The van der Waals surface area contributed by atoms with E-state index in [4.69, 9.17) is 5.11 Å². The van der Waals surface area contributed by atoms with Crippen LogP contribution in [0.2, 0.25) is 0 Å². The maximum Gasteiger partial charge on any atom is 0.0436 e. The summed E-state index contributed by atoms with van der Waals surface area (Å²) < 4.78 is 0. The van der Waals surface area contributed by atoms with Crippen LogP contribution in [0.1, 0.15) is 33.6 Å². The lowest BCUT2D eigenvalue weighted by Crippen LogP contribution is -2.30. The van der Waals surface area contributed by atoms with Crippen LogP contribution in [0, 0.1) is 5.41 Å². The van der Waals surface area contributed by atoms with Crippen molar-refractivity contribution in [1.29, 1.82) is 0 Å². The zero-order valence-electron chi connectivity index (χ0n) is 7.98. The van der Waals surface area contributed by atoms with Crippen molar-refractivity contribution in [2.75, 3.05) is 19.7 Å². The SMILES string of the molecule is CCCNCC(C)(C)CCO. The third-order valence-electron chi connectivity index (χ3n) is 1.82. The summed E-state index contributed by atoms with van der Waals surface area (Å²) in [7, 11) is 0. The Bertz CT molecular complexity index is 91.6. The average molecular weight is 159 g/mol. The summed E-state index contributed by atoms with van der Waals surface area (Å²) in [4.78, 5) is 0. The fourth-order valence-corrected chi connectivity index (χ4v) is 0.995. The van der Waals surface area contributed by atoms with Gasteiger partial charge in [0.15, 0.2) is 0 Å². The Morgan fingerprint density at radius 1 is 1.36 bits per heavy atom. The second-order valence-corrected chi connectivity index (χ2v) is 3.81. The van der Waals surface area contributed by atoms with Crippen molar-refractivity contribution in [2.24, 2.45) is 5.41 Å². The van der Waals surface area contributed by atoms with Gasteiger partial charge in [-0.25, -0.2) is 0 Å². The quantitative estimate of drug-likeness (QED) is 0.574. The molecule has 0 aliphatic heterocycles. The van der Waals surface area contributed by atoms with E-state index in [-0.39, 0.29) is 5.41 Å². The molecule has 0 fully saturated rings. The molecule has 0 rings (SSSR count). The number of aliphatic hydroxyl groups excluding tert-OH is 1. The van der Waals surface area contributed by atoms with Gasteiger partial charge in [-0.1, -0.05) is 20.8 Å². The van der Waals surface area contributed by atoms with Crippen molar-refractivity contribution in [3.63, 3.8) is 0 Å². The fraction of sp³-hybridized carbons (Fsp3) is 1.00. The monoisotopic (exact) mass is 159 g/mol. The molecular formula is C9H21NO. The summed E-state index contributed by atoms with van der Waals surface area (Å²) in [6, 6.07) is 0. The van der Waals surface area contributed by atoms with Crippen LogP contribution in [0.5, 0.6) is 0 Å². The minimum Gasteiger partial charge on any atom is -0.396 e. The molecule has 2 nitrogen and oxygen atoms in total. The lowest BCUT2D eigenvalue weighted by molar-refractivity contribution is 0.207. The zero-order valence-corrected chi connectivity index (χ0v) is 7.98. The van der Waals surface area contributed by atoms with Crippen LogP contribution in [0.25, 0.3) is 0 Å². The van der Waals surface area contributed by atoms with Gasteiger partial charge in [-0.3, -0.25) is 0 Å². The van der Waals surface area contributed by atoms with Gasteiger partial charge in [0.2, 0.25) is 0 Å². The first kappa shape index (κ1) is 10.9. The molecule has 0 heterocycles. The van der Waals surface area contributed by atoms with Gasteiger partial charge in [-0.2, -0.15) is 0 Å². The molecule has 11 heavy (non-hydrogen) atoms. The third kappa shape index (κ3) is 6.32. The Hall–Kier alpha value is -0.0800. The van der Waals surface area contributed by atoms with Gasteiger partial charge in [0.05, 0.1) is 0 Å². The fourth-order valence-electron chi connectivity index (χ4n) is 0.995. The van der Waals surface area contributed by atoms with Crippen molar-refractivity contribution >= 4 is 0 Å². The summed E-state index contributed by atoms with van der Waals surface area (Å²) in [5.41, 5.74) is 0.240. The molecule has 0 radical (unpaired) electrons. The van der Waals surface area contributed by atoms with Crippen LogP contribution in [-0.2, 0) is 0 Å². The van der Waals surface area contributed by atoms with E-state index in [9.17, 15) is 0 Å². The second-order valence-electron chi connectivity index (χ2n) is 3.81. The molecule has 0 saturated heterocycles. The highest BCUT2D eigenvalue weighted by molar-refractivity contribution is 4.70. The highest BCUT2D eigenvalue weighted by Crippen LogP contribution is 2.17. The molecule has 0 aliphatic carbocycles. The second kappa shape index (κ2) is 5.56. The van der Waals surface area contributed by atoms with Crippen molar-refractivity contribution in [1.82, 2.24) is 5.32 Å². The van der Waals surface area contributed by atoms with Crippen LogP contribution < -0.4 is 5.32 Å². The highest BCUT2D eigenvalue weighted by atomic mass is 16.3. The van der Waals surface area contributed by atoms with Crippen molar-refractivity contribution in [3.05, 3.63) is 0 Å². The van der Waals surface area contributed by atoms with E-state index in [1.54, 1.807) is 0 Å². The molecule has 0 aromatic rings. The summed E-state index contributed by atoms with van der Waals surface area (Å²) in [5, 5.41) is 12.1. The van der Waals surface area contributed by atoms with Gasteiger partial charge in [0.25, 0.3) is 0 Å². The normalized spacial score (nSPS) is 12.0. The molecule has 2 heteroatoms. The molecular weight excluding hydrogens is 138 g/mol. The number of hydrogen-bond acceptors (Lipinski definition) is 2. The minimum atomic E-state index is 0.240. The van der Waals surface area contributed by atoms with Crippen LogP contribution >= 0.6 is 0 Å². The Kier molecular flexibility index (Phi) is 5.51. The first-order chi connectivity index (χ1) is 5.12. The predicted octanol–water partition coefficient (Wildman–Crippen LogP) is 1.39. The lowest BCUT2D eigenvalue weighted by atomic mass is 9.90. The number of rotatable bonds is 6. The van der Waals surface area contributed by atoms with Crippen LogP contribution in [0.4, 0.5) is 0 Å². The minimum absolute atomic E-state index is 0.240. The smallest absolute Gasteiger partial charge is 0.0436 e. The molecule has 0 aromatic carbocycles. The van der Waals surface area contributed by atoms with E-state index >= 15 is 0 Å². The lowest BCUT2D eigenvalue weighted by Gasteiger charge is -2.23. The molecule has 0 aliphatic rings. The van der Waals surface area contributed by atoms with Gasteiger partial charge in [-0.15, -0.1) is 0 Å². The van der Waals surface area contributed by atoms with Crippen LogP contribution in [0.15, 0.2) is 0 Å². The average Bonchev–Trinajstić information content (AvgIpc) is 1.87. The summed E-state index contributed by atoms with van der Waals surface area (Å²) in [5.74, 6) is 0. The molecule has 0 unspecified atom stereocenters. The van der Waals surface area contributed by atoms with Gasteiger partial charge >= 0.3 is 0 Å². The van der Waals surface area contributed by atoms with Crippen LogP contribution in [-0.4, -0.2) is 24.8 Å². The summed E-state index contributed by atoms with van der Waals surface area (Å²) in [6.45, 7) is 8.88. The van der Waals surface area contributed by atoms with E-state index in [1.807, 2.05) is 0 Å². The largest absolute Gasteiger partial charge is 0.396 e. The molecule has 0 saturated carbocycles. The zero-order chi connectivity index (χ0) is 8.74. The molecule has 0 bridgehead atoms. The van der Waals surface area contributed by atoms with Crippen molar-refractivity contribution in [2.45, 2.75) is 33.6 Å². The Balaban J connectivity index is 3.38. The van der Waals surface area contributed by atoms with E-state index in [1.165, 1.54) is 6.42 Å². The maximum atomic E-state index is 8.73. The van der Waals surface area contributed by atoms with E-state index in [0.29, 0.717) is 6.61 Å². The Morgan fingerprint density at radius 3 is 2.45 bits per heavy atom. The molecule has 0 amide bonds. The Morgan fingerprint density at radius 2 is 2.00 bits per heavy atom. The molecule has 2 N–H and O–H groups in total. The number of aliphatic hydroxyl groups is 1. The first-order valence-corrected chi connectivity index (χ1v) is 4.44. The topological polar surface area (TPSA) is 32.3 Å². The summed E-state index contributed by atoms with van der Waals surface area (Å²) in [6.07, 6.45) is 2.05. The standard InChI is InChI=1S/C9H21NO/c1-4-6-10-8-9(2,3)5-7-11/h10-11H,4-8H2,1-3H3. The van der Waals surface area contributed by atoms with Crippen LogP contribution in [0.3, 0.4) is 0 Å². The number of hydrogen-bond donors (Lipinski definition) is 2. The van der Waals surface area contributed by atoms with E-state index in [0.717, 1.165) is 19.5 Å². The molecule has 0 atom stereocenters. The van der Waals surface area contributed by atoms with Gasteiger partial charge in [0.1, 0.15) is 0 Å². The van der Waals surface area contributed by atoms with E-state index in [2.05, 4.69) is 26.1 Å². The van der Waals surface area contributed by atoms with E-state index < -0.39 is 0 Å². The maximum absolute atomic E-state index is 8.73. The third-order valence-corrected chi connectivity index (χ3v) is 1.82. The molecule has 68 valence electrons.